The molecule has 3 heterocycles. The van der Waals surface area contributed by atoms with Gasteiger partial charge in [0.25, 0.3) is 5.91 Å². The van der Waals surface area contributed by atoms with Crippen LogP contribution >= 0.6 is 24.8 Å². The minimum Gasteiger partial charge on any atom is -0.497 e. The number of methoxy groups -OCH3 is 1. The maximum Gasteiger partial charge on any atom is 0.253 e. The Kier molecular flexibility index (Phi) is 6.84. The van der Waals surface area contributed by atoms with Gasteiger partial charge in [0.15, 0.2) is 0 Å². The first-order valence-electron chi connectivity index (χ1n) is 10.1. The van der Waals surface area contributed by atoms with Crippen LogP contribution in [0.5, 0.6) is 5.75 Å². The average molecular weight is 463 g/mol. The van der Waals surface area contributed by atoms with Crippen molar-refractivity contribution in [2.45, 2.75) is 6.04 Å². The lowest BCUT2D eigenvalue weighted by Crippen LogP contribution is -2.33. The molecule has 166 valence electrons. The van der Waals surface area contributed by atoms with Crippen LogP contribution in [0.1, 0.15) is 22.0 Å². The summed E-state index contributed by atoms with van der Waals surface area (Å²) < 4.78 is 7.27. The van der Waals surface area contributed by atoms with Gasteiger partial charge in [0.05, 0.1) is 24.5 Å². The van der Waals surface area contributed by atoms with Gasteiger partial charge in [-0.3, -0.25) is 9.69 Å². The van der Waals surface area contributed by atoms with Crippen molar-refractivity contribution in [1.29, 1.82) is 0 Å². The van der Waals surface area contributed by atoms with E-state index in [2.05, 4.69) is 29.1 Å². The lowest BCUT2D eigenvalue weighted by molar-refractivity contribution is 0.0768. The number of hydrogen-bond acceptors (Lipinski definition) is 4. The van der Waals surface area contributed by atoms with Gasteiger partial charge in [-0.1, -0.05) is 12.1 Å². The number of imidazole rings is 1. The zero-order chi connectivity index (χ0) is 20.1. The van der Waals surface area contributed by atoms with Crippen LogP contribution in [-0.2, 0) is 7.05 Å². The Morgan fingerprint density at radius 3 is 2.48 bits per heavy atom. The summed E-state index contributed by atoms with van der Waals surface area (Å²) in [6.45, 7) is 2.63. The van der Waals surface area contributed by atoms with E-state index in [4.69, 9.17) is 4.74 Å². The number of carbonyl (C=O) groups excluding carboxylic acids is 1. The second-order valence-electron chi connectivity index (χ2n) is 8.35. The molecular formula is C23H28Cl2N4O2. The Bertz CT molecular complexity index is 1070. The molecule has 31 heavy (non-hydrogen) atoms. The maximum atomic E-state index is 13.2. The Balaban J connectivity index is 0.00000136. The molecule has 1 amide bonds. The van der Waals surface area contributed by atoms with Crippen LogP contribution in [0.4, 0.5) is 0 Å². The Morgan fingerprint density at radius 1 is 1.03 bits per heavy atom. The first-order chi connectivity index (χ1) is 14.0. The van der Waals surface area contributed by atoms with Gasteiger partial charge in [0.1, 0.15) is 5.75 Å². The molecule has 0 aliphatic carbocycles. The maximum absolute atomic E-state index is 13.2. The summed E-state index contributed by atoms with van der Waals surface area (Å²) in [4.78, 5) is 22.1. The molecule has 0 bridgehead atoms. The monoisotopic (exact) mass is 462 g/mol. The third-order valence-corrected chi connectivity index (χ3v) is 6.61. The van der Waals surface area contributed by atoms with Gasteiger partial charge in [-0.05, 0) is 48.9 Å². The number of amides is 1. The number of likely N-dealkylation sites (tertiary alicyclic amines) is 2. The molecule has 0 spiro atoms. The van der Waals surface area contributed by atoms with E-state index in [9.17, 15) is 4.79 Å². The molecule has 0 saturated carbocycles. The number of hydrogen-bond donors (Lipinski definition) is 0. The van der Waals surface area contributed by atoms with Crippen molar-refractivity contribution in [3.8, 4) is 5.75 Å². The van der Waals surface area contributed by atoms with Crippen LogP contribution in [0, 0.1) is 11.8 Å². The van der Waals surface area contributed by atoms with Crippen molar-refractivity contribution in [2.75, 3.05) is 33.8 Å². The predicted octanol–water partition coefficient (Wildman–Crippen LogP) is 3.80. The van der Waals surface area contributed by atoms with Crippen LogP contribution in [0.25, 0.3) is 11.0 Å². The lowest BCUT2D eigenvalue weighted by atomic mass is 9.89. The van der Waals surface area contributed by atoms with Gasteiger partial charge in [0.2, 0.25) is 0 Å². The molecule has 3 atom stereocenters. The number of rotatable bonds is 3. The van der Waals surface area contributed by atoms with E-state index in [0.717, 1.165) is 42.0 Å². The molecule has 3 aromatic rings. The van der Waals surface area contributed by atoms with Crippen molar-refractivity contribution in [3.05, 3.63) is 59.9 Å². The quantitative estimate of drug-likeness (QED) is 0.593. The fraction of sp³-hybridized carbons (Fsp3) is 0.391. The number of aromatic nitrogens is 2. The number of carbonyl (C=O) groups is 1. The molecule has 2 aromatic carbocycles. The number of nitrogens with zero attached hydrogens (tertiary/aromatic N) is 4. The molecule has 0 unspecified atom stereocenters. The smallest absolute Gasteiger partial charge is 0.253 e. The van der Waals surface area contributed by atoms with Crippen LogP contribution in [0.3, 0.4) is 0 Å². The van der Waals surface area contributed by atoms with Gasteiger partial charge >= 0.3 is 0 Å². The van der Waals surface area contributed by atoms with E-state index >= 15 is 0 Å². The molecule has 5 rings (SSSR count). The minimum absolute atomic E-state index is 0. The van der Waals surface area contributed by atoms with Crippen molar-refractivity contribution < 1.29 is 9.53 Å². The van der Waals surface area contributed by atoms with E-state index in [1.165, 1.54) is 5.56 Å². The minimum atomic E-state index is 0. The topological polar surface area (TPSA) is 50.6 Å². The van der Waals surface area contributed by atoms with Gasteiger partial charge in [-0.25, -0.2) is 4.98 Å². The van der Waals surface area contributed by atoms with E-state index in [1.54, 1.807) is 13.4 Å². The van der Waals surface area contributed by atoms with E-state index in [0.29, 0.717) is 17.9 Å². The second-order valence-corrected chi connectivity index (χ2v) is 8.35. The Labute approximate surface area is 195 Å². The number of fused-ring (bicyclic) bond motifs is 2. The van der Waals surface area contributed by atoms with Gasteiger partial charge in [-0.15, -0.1) is 24.8 Å². The molecule has 0 radical (unpaired) electrons. The molecule has 0 N–H and O–H groups in total. The average Bonchev–Trinajstić information content (AvgIpc) is 3.39. The largest absolute Gasteiger partial charge is 0.497 e. The molecule has 8 heteroatoms. The molecule has 1 aromatic heterocycles. The second kappa shape index (κ2) is 9.07. The molecular weight excluding hydrogens is 435 g/mol. The first kappa shape index (κ1) is 23.4. The van der Waals surface area contributed by atoms with Crippen molar-refractivity contribution >= 4 is 41.8 Å². The highest BCUT2D eigenvalue weighted by molar-refractivity contribution is 5.97. The number of halogens is 2. The van der Waals surface area contributed by atoms with Gasteiger partial charge in [-0.2, -0.15) is 0 Å². The van der Waals surface area contributed by atoms with Crippen LogP contribution < -0.4 is 4.74 Å². The van der Waals surface area contributed by atoms with E-state index in [-0.39, 0.29) is 30.7 Å². The van der Waals surface area contributed by atoms with Crippen LogP contribution in [0.2, 0.25) is 0 Å². The van der Waals surface area contributed by atoms with Crippen molar-refractivity contribution in [2.24, 2.45) is 18.9 Å². The molecule has 6 nitrogen and oxygen atoms in total. The third kappa shape index (κ3) is 4.00. The number of aryl methyl sites for hydroxylation is 1. The fourth-order valence-corrected chi connectivity index (χ4v) is 5.18. The Hall–Kier alpha value is -2.28. The Morgan fingerprint density at radius 2 is 1.77 bits per heavy atom. The highest BCUT2D eigenvalue weighted by atomic mass is 35.5. The van der Waals surface area contributed by atoms with E-state index < -0.39 is 0 Å². The predicted molar refractivity (Wildman–Crippen MR) is 126 cm³/mol. The van der Waals surface area contributed by atoms with Gasteiger partial charge in [0, 0.05) is 44.2 Å². The summed E-state index contributed by atoms with van der Waals surface area (Å²) >= 11 is 0. The highest BCUT2D eigenvalue weighted by Gasteiger charge is 2.47. The third-order valence-electron chi connectivity index (χ3n) is 6.61. The van der Waals surface area contributed by atoms with Crippen LogP contribution in [-0.4, -0.2) is 59.0 Å². The zero-order valence-electron chi connectivity index (χ0n) is 17.9. The van der Waals surface area contributed by atoms with E-state index in [1.807, 2.05) is 46.8 Å². The molecule has 2 aliphatic heterocycles. The number of ether oxygens (including phenoxy) is 1. The first-order valence-corrected chi connectivity index (χ1v) is 10.1. The summed E-state index contributed by atoms with van der Waals surface area (Å²) in [5.74, 6) is 1.95. The summed E-state index contributed by atoms with van der Waals surface area (Å²) in [6.07, 6.45) is 1.79. The highest BCUT2D eigenvalue weighted by Crippen LogP contribution is 2.44. The molecule has 2 saturated heterocycles. The van der Waals surface area contributed by atoms with Crippen molar-refractivity contribution in [3.63, 3.8) is 0 Å². The van der Waals surface area contributed by atoms with Gasteiger partial charge < -0.3 is 14.2 Å². The summed E-state index contributed by atoms with van der Waals surface area (Å²) in [5, 5.41) is 0. The summed E-state index contributed by atoms with van der Waals surface area (Å²) in [5.41, 5.74) is 3.94. The number of benzene rings is 2. The SMILES string of the molecule is COc1ccc([C@@H]2[C@@H]3CN(C(=O)c4ccc5c(c4)ncn5C)C[C@@H]3CN2C)cc1.Cl.Cl. The van der Waals surface area contributed by atoms with Crippen molar-refractivity contribution in [1.82, 2.24) is 19.4 Å². The molecule has 2 aliphatic rings. The summed E-state index contributed by atoms with van der Waals surface area (Å²) in [7, 11) is 5.85. The fourth-order valence-electron chi connectivity index (χ4n) is 5.18. The zero-order valence-corrected chi connectivity index (χ0v) is 19.5. The lowest BCUT2D eigenvalue weighted by Gasteiger charge is -2.27. The normalized spacial score (nSPS) is 22.7. The standard InChI is InChI=1S/C23H26N4O2.2ClH/c1-25-11-17-12-27(13-19(17)22(25)15-4-7-18(29-3)8-5-15)23(28)16-6-9-21-20(10-16)24-14-26(21)2;;/h4-10,14,17,19,22H,11-13H2,1-3H3;2*1H/t17-,19+,22+;;/m0../s1. The summed E-state index contributed by atoms with van der Waals surface area (Å²) in [6, 6.07) is 14.5. The molecule has 2 fully saturated rings. The van der Waals surface area contributed by atoms with Crippen LogP contribution in [0.15, 0.2) is 48.8 Å².